The fourth-order valence-corrected chi connectivity index (χ4v) is 2.67. The maximum atomic E-state index is 12.7. The van der Waals surface area contributed by atoms with Gasteiger partial charge in [0.05, 0.1) is 5.52 Å². The van der Waals surface area contributed by atoms with Gasteiger partial charge >= 0.3 is 6.18 Å². The van der Waals surface area contributed by atoms with Crippen LogP contribution in [-0.4, -0.2) is 20.9 Å². The Kier molecular flexibility index (Phi) is 3.63. The quantitative estimate of drug-likeness (QED) is 0.648. The van der Waals surface area contributed by atoms with Crippen LogP contribution in [0.2, 0.25) is 0 Å². The molecule has 118 valence electrons. The summed E-state index contributed by atoms with van der Waals surface area (Å²) in [5, 5.41) is 10.2. The molecule has 0 fully saturated rings. The van der Waals surface area contributed by atoms with Crippen LogP contribution < -0.4 is 0 Å². The number of halogens is 4. The maximum absolute atomic E-state index is 12.7. The number of H-pyrrole nitrogens is 1. The second-order valence-electron chi connectivity index (χ2n) is 4.78. The zero-order valence-electron chi connectivity index (χ0n) is 11.3. The lowest BCUT2D eigenvalue weighted by atomic mass is 10.1. The third kappa shape index (κ3) is 2.81. The first kappa shape index (κ1) is 15.5. The lowest BCUT2D eigenvalue weighted by Gasteiger charge is -2.07. The highest BCUT2D eigenvalue weighted by atomic mass is 79.9. The number of aromatic amines is 1. The van der Waals surface area contributed by atoms with Crippen molar-refractivity contribution < 1.29 is 23.1 Å². The van der Waals surface area contributed by atoms with Crippen LogP contribution in [0.3, 0.4) is 0 Å². The number of pyridine rings is 1. The lowest BCUT2D eigenvalue weighted by Crippen LogP contribution is -2.12. The molecule has 2 heterocycles. The van der Waals surface area contributed by atoms with E-state index in [-0.39, 0.29) is 17.0 Å². The molecule has 0 spiro atoms. The Balaban J connectivity index is 2.11. The topological polar surface area (TPSA) is 66.0 Å². The fraction of sp³-hybridized carbons (Fsp3) is 0.0667. The van der Waals surface area contributed by atoms with Crippen molar-refractivity contribution in [1.82, 2.24) is 9.97 Å². The molecule has 0 amide bonds. The number of hydrogen-bond donors (Lipinski definition) is 2. The van der Waals surface area contributed by atoms with E-state index in [2.05, 4.69) is 25.9 Å². The zero-order chi connectivity index (χ0) is 16.8. The van der Waals surface area contributed by atoms with Gasteiger partial charge in [0.25, 0.3) is 0 Å². The minimum atomic E-state index is -4.63. The first-order valence-electron chi connectivity index (χ1n) is 6.36. The van der Waals surface area contributed by atoms with E-state index < -0.39 is 17.7 Å². The molecule has 0 aliphatic rings. The number of nitrogens with zero attached hydrogens (tertiary/aromatic N) is 1. The first-order chi connectivity index (χ1) is 10.8. The van der Waals surface area contributed by atoms with Crippen molar-refractivity contribution >= 4 is 32.6 Å². The van der Waals surface area contributed by atoms with Crippen molar-refractivity contribution in [2.24, 2.45) is 0 Å². The van der Waals surface area contributed by atoms with Crippen LogP contribution in [0.5, 0.6) is 5.75 Å². The van der Waals surface area contributed by atoms with E-state index in [1.165, 1.54) is 18.3 Å². The van der Waals surface area contributed by atoms with Crippen LogP contribution in [0, 0.1) is 0 Å². The van der Waals surface area contributed by atoms with E-state index in [1.807, 2.05) is 0 Å². The lowest BCUT2D eigenvalue weighted by molar-refractivity contribution is -0.141. The molecule has 3 rings (SSSR count). The van der Waals surface area contributed by atoms with Gasteiger partial charge in [-0.15, -0.1) is 0 Å². The largest absolute Gasteiger partial charge is 0.506 e. The summed E-state index contributed by atoms with van der Waals surface area (Å²) >= 11 is 3.20. The number of phenolic OH excluding ortho intramolecular Hbond substituents is 1. The van der Waals surface area contributed by atoms with Gasteiger partial charge in [-0.1, -0.05) is 22.0 Å². The molecule has 1 aromatic carbocycles. The molecule has 8 heteroatoms. The molecule has 0 atom stereocenters. The van der Waals surface area contributed by atoms with Crippen molar-refractivity contribution in [3.05, 3.63) is 58.0 Å². The summed E-state index contributed by atoms with van der Waals surface area (Å²) in [7, 11) is 0. The molecule has 0 saturated carbocycles. The number of phenols is 1. The summed E-state index contributed by atoms with van der Waals surface area (Å²) in [6.45, 7) is 0. The number of hydrogen-bond acceptors (Lipinski definition) is 3. The Morgan fingerprint density at radius 2 is 2.00 bits per heavy atom. The SMILES string of the molecule is O=C(c1cccc(C(F)(F)F)n1)c1c[nH]c2c(O)cc(Br)cc12. The molecular formula is C15H8BrF3N2O2. The standard InChI is InChI=1S/C15H8BrF3N2O2/c16-7-4-8-9(6-20-13(8)11(22)5-7)14(23)10-2-1-3-12(21-10)15(17,18)19/h1-6,20,22H. The number of aromatic hydroxyl groups is 1. The smallest absolute Gasteiger partial charge is 0.433 e. The third-order valence-corrected chi connectivity index (χ3v) is 3.71. The Morgan fingerprint density at radius 3 is 2.70 bits per heavy atom. The minimum Gasteiger partial charge on any atom is -0.506 e. The number of carbonyl (C=O) groups is 1. The molecule has 3 aromatic rings. The molecule has 2 aromatic heterocycles. The van der Waals surface area contributed by atoms with Crippen LogP contribution >= 0.6 is 15.9 Å². The average molecular weight is 385 g/mol. The van der Waals surface area contributed by atoms with Crippen molar-refractivity contribution in [1.29, 1.82) is 0 Å². The number of ketones is 1. The number of fused-ring (bicyclic) bond motifs is 1. The number of aromatic nitrogens is 2. The van der Waals surface area contributed by atoms with Crippen molar-refractivity contribution in [2.45, 2.75) is 6.18 Å². The van der Waals surface area contributed by atoms with Gasteiger partial charge in [0.1, 0.15) is 17.1 Å². The predicted molar refractivity (Wildman–Crippen MR) is 80.3 cm³/mol. The molecule has 0 aliphatic heterocycles. The van der Waals surface area contributed by atoms with E-state index in [4.69, 9.17) is 0 Å². The monoisotopic (exact) mass is 384 g/mol. The Hall–Kier alpha value is -2.35. The second-order valence-corrected chi connectivity index (χ2v) is 5.70. The van der Waals surface area contributed by atoms with Gasteiger partial charge < -0.3 is 10.1 Å². The van der Waals surface area contributed by atoms with Gasteiger partial charge in [-0.3, -0.25) is 4.79 Å². The second kappa shape index (κ2) is 5.38. The van der Waals surface area contributed by atoms with Crippen LogP contribution in [0.25, 0.3) is 10.9 Å². The van der Waals surface area contributed by atoms with Gasteiger partial charge in [-0.05, 0) is 24.3 Å². The van der Waals surface area contributed by atoms with Gasteiger partial charge in [-0.25, -0.2) is 4.98 Å². The summed E-state index contributed by atoms with van der Waals surface area (Å²) in [4.78, 5) is 18.6. The van der Waals surface area contributed by atoms with Crippen molar-refractivity contribution in [3.63, 3.8) is 0 Å². The molecule has 2 N–H and O–H groups in total. The Labute approximate surface area is 136 Å². The van der Waals surface area contributed by atoms with E-state index in [1.54, 1.807) is 6.07 Å². The molecule has 4 nitrogen and oxygen atoms in total. The van der Waals surface area contributed by atoms with E-state index in [0.717, 1.165) is 12.1 Å². The molecular weight excluding hydrogens is 377 g/mol. The van der Waals surface area contributed by atoms with Gasteiger partial charge in [0, 0.05) is 21.6 Å². The summed E-state index contributed by atoms with van der Waals surface area (Å²) in [5.41, 5.74) is -1.00. The third-order valence-electron chi connectivity index (χ3n) is 3.25. The van der Waals surface area contributed by atoms with E-state index in [9.17, 15) is 23.1 Å². The highest BCUT2D eigenvalue weighted by molar-refractivity contribution is 9.10. The number of nitrogens with one attached hydrogen (secondary N) is 1. The summed E-state index contributed by atoms with van der Waals surface area (Å²) < 4.78 is 38.7. The average Bonchev–Trinajstić information content (AvgIpc) is 2.89. The number of benzene rings is 1. The summed E-state index contributed by atoms with van der Waals surface area (Å²) in [6, 6.07) is 6.18. The van der Waals surface area contributed by atoms with Crippen molar-refractivity contribution in [2.75, 3.05) is 0 Å². The Morgan fingerprint density at radius 1 is 1.26 bits per heavy atom. The van der Waals surface area contributed by atoms with Crippen molar-refractivity contribution in [3.8, 4) is 5.75 Å². The highest BCUT2D eigenvalue weighted by Gasteiger charge is 2.33. The van der Waals surface area contributed by atoms with Crippen LogP contribution in [-0.2, 0) is 6.18 Å². The fourth-order valence-electron chi connectivity index (χ4n) is 2.22. The summed E-state index contributed by atoms with van der Waals surface area (Å²) in [5.74, 6) is -0.745. The molecule has 0 bridgehead atoms. The zero-order valence-corrected chi connectivity index (χ0v) is 12.9. The molecule has 0 aliphatic carbocycles. The van der Waals surface area contributed by atoms with Crippen LogP contribution in [0.1, 0.15) is 21.7 Å². The Bertz CT molecular complexity index is 919. The number of carbonyl (C=O) groups excluding carboxylic acids is 1. The first-order valence-corrected chi connectivity index (χ1v) is 7.15. The van der Waals surface area contributed by atoms with Gasteiger partial charge in [-0.2, -0.15) is 13.2 Å². The summed E-state index contributed by atoms with van der Waals surface area (Å²) in [6.07, 6.45) is -3.29. The van der Waals surface area contributed by atoms with Gasteiger partial charge in [0.2, 0.25) is 5.78 Å². The molecule has 0 unspecified atom stereocenters. The van der Waals surface area contributed by atoms with E-state index in [0.29, 0.717) is 15.4 Å². The highest BCUT2D eigenvalue weighted by Crippen LogP contribution is 2.32. The normalized spacial score (nSPS) is 11.8. The van der Waals surface area contributed by atoms with Crippen LogP contribution in [0.4, 0.5) is 13.2 Å². The number of alkyl halides is 3. The van der Waals surface area contributed by atoms with E-state index >= 15 is 0 Å². The molecule has 23 heavy (non-hydrogen) atoms. The number of rotatable bonds is 2. The minimum absolute atomic E-state index is 0.0783. The predicted octanol–water partition coefficient (Wildman–Crippen LogP) is 4.28. The molecule has 0 radical (unpaired) electrons. The van der Waals surface area contributed by atoms with Gasteiger partial charge in [0.15, 0.2) is 0 Å². The maximum Gasteiger partial charge on any atom is 0.433 e. The molecule has 0 saturated heterocycles. The van der Waals surface area contributed by atoms with Crippen LogP contribution in [0.15, 0.2) is 41.0 Å².